The van der Waals surface area contributed by atoms with Gasteiger partial charge >= 0.3 is 5.97 Å². The van der Waals surface area contributed by atoms with Crippen LogP contribution in [0.2, 0.25) is 0 Å². The maximum atomic E-state index is 14.9. The summed E-state index contributed by atoms with van der Waals surface area (Å²) < 4.78 is 48.4. The Balaban J connectivity index is 1.48. The summed E-state index contributed by atoms with van der Waals surface area (Å²) in [5.74, 6) is -1.92. The SMILES string of the molecule is CC[C@H]1OC(=O)[C@H](C)[C@@H](O[C@H]2C[C@@](C)(OC)[C@@H](O)[C@H](C)O2)[C@H](C)[C@@H](O[C@@H]2O[C@H](C)C[C@H](N(C)C)[C@H]2O)[C@@]2(C)C[C@@H](C)N(C)C[C@H](C)[C@@H](CC/C(=N\OCc3ccc(-n4cccn4)nc3)CO2)[C@]1(C)O. The molecule has 0 saturated carbocycles. The second-order valence-corrected chi connectivity index (χ2v) is 21.5. The Bertz CT molecular complexity index is 1960. The molecule has 0 aromatic carbocycles. The van der Waals surface area contributed by atoms with E-state index >= 15 is 0 Å². The highest BCUT2D eigenvalue weighted by molar-refractivity contribution is 5.85. The first kappa shape index (κ1) is 55.2. The van der Waals surface area contributed by atoms with Crippen LogP contribution in [0.25, 0.3) is 5.82 Å². The first-order valence-electron chi connectivity index (χ1n) is 25.1. The quantitative estimate of drug-likeness (QED) is 0.198. The van der Waals surface area contributed by atoms with Crippen molar-refractivity contribution < 1.29 is 58.1 Å². The number of aliphatic hydroxyl groups excluding tert-OH is 2. The minimum atomic E-state index is -1.47. The maximum Gasteiger partial charge on any atom is 0.311 e. The Labute approximate surface area is 410 Å². The second-order valence-electron chi connectivity index (χ2n) is 21.5. The number of aliphatic hydroxyl groups is 3. The fraction of sp³-hybridized carbons (Fsp3) is 0.804. The highest BCUT2D eigenvalue weighted by atomic mass is 16.7. The number of hydrogen-bond donors (Lipinski definition) is 3. The van der Waals surface area contributed by atoms with E-state index in [4.69, 9.17) is 43.2 Å². The molecule has 390 valence electrons. The van der Waals surface area contributed by atoms with Crippen molar-refractivity contribution in [3.05, 3.63) is 42.4 Å². The highest BCUT2D eigenvalue weighted by Gasteiger charge is 2.54. The molecular weight excluding hydrogens is 889 g/mol. The number of fused-ring (bicyclic) bond motifs is 15. The third-order valence-electron chi connectivity index (χ3n) is 15.8. The summed E-state index contributed by atoms with van der Waals surface area (Å²) in [6.07, 6.45) is -0.00950. The molecule has 3 N–H and O–H groups in total. The van der Waals surface area contributed by atoms with Gasteiger partial charge in [0, 0.05) is 62.2 Å². The molecule has 7 heterocycles. The van der Waals surface area contributed by atoms with Crippen LogP contribution in [0.4, 0.5) is 0 Å². The molecule has 2 aromatic rings. The zero-order chi connectivity index (χ0) is 50.6. The number of esters is 1. The van der Waals surface area contributed by atoms with E-state index in [1.807, 2.05) is 78.0 Å². The maximum absolute atomic E-state index is 14.9. The van der Waals surface area contributed by atoms with Crippen LogP contribution in [0.15, 0.2) is 41.9 Å². The van der Waals surface area contributed by atoms with Crippen molar-refractivity contribution in [2.24, 2.45) is 28.8 Å². The largest absolute Gasteiger partial charge is 0.459 e. The number of nitrogens with zero attached hydrogens (tertiary/aromatic N) is 6. The minimum Gasteiger partial charge on any atom is -0.459 e. The van der Waals surface area contributed by atoms with Gasteiger partial charge in [0.15, 0.2) is 18.4 Å². The van der Waals surface area contributed by atoms with Gasteiger partial charge in [-0.25, -0.2) is 9.67 Å². The van der Waals surface area contributed by atoms with Gasteiger partial charge in [-0.05, 0) is 126 Å². The first-order chi connectivity index (χ1) is 32.5. The Hall–Kier alpha value is -3.14. The standard InChI is InChI=1S/C51H84N6O12/c1-15-40-51(10,61)38-19-18-37(54-64-28-36-17-20-41(52-26-36)57-22-16-21-53-57)29-63-50(9,24-31(3)56(13)27-30(38)2)46(69-48-43(58)39(55(11)12)23-32(4)65-48)33(5)44(34(6)47(60)67-40)68-42-25-49(8,62-14)45(59)35(7)66-42/h16-17,20-22,26,30-35,38-40,42-46,48,58-59,61H,15,18-19,23-25,27-29H2,1-14H3/b54-37+/t30-,31+,32+,33-,34+,35-,38+,39-,40+,42-,43+,44-,45-,46+,48-,49+,50+,51-/m0/s1. The molecule has 2 bridgehead atoms. The van der Waals surface area contributed by atoms with Crippen LogP contribution < -0.4 is 0 Å². The number of pyridine rings is 1. The number of ether oxygens (including phenoxy) is 7. The van der Waals surface area contributed by atoms with Crippen molar-refractivity contribution in [1.82, 2.24) is 24.6 Å². The average Bonchev–Trinajstić information content (AvgIpc) is 3.85. The van der Waals surface area contributed by atoms with Crippen LogP contribution >= 0.6 is 0 Å². The number of methoxy groups -OCH3 is 1. The number of carbonyl (C=O) groups is 1. The molecule has 18 atom stereocenters. The zero-order valence-electron chi connectivity index (χ0n) is 43.7. The van der Waals surface area contributed by atoms with E-state index in [0.29, 0.717) is 50.2 Å². The smallest absolute Gasteiger partial charge is 0.311 e. The molecule has 18 heteroatoms. The Kier molecular flexibility index (Phi) is 18.5. The monoisotopic (exact) mass is 973 g/mol. The number of aromatic nitrogens is 3. The lowest BCUT2D eigenvalue weighted by Crippen LogP contribution is -2.61. The van der Waals surface area contributed by atoms with Gasteiger partial charge in [0.1, 0.15) is 30.5 Å². The predicted octanol–water partition coefficient (Wildman–Crippen LogP) is 5.13. The summed E-state index contributed by atoms with van der Waals surface area (Å²) in [5.41, 5.74) is -2.24. The number of hydrogen-bond acceptors (Lipinski definition) is 17. The third kappa shape index (κ3) is 12.7. The van der Waals surface area contributed by atoms with Gasteiger partial charge in [0.05, 0.1) is 53.9 Å². The summed E-state index contributed by atoms with van der Waals surface area (Å²) in [5, 5.41) is 45.1. The van der Waals surface area contributed by atoms with Gasteiger partial charge in [-0.2, -0.15) is 5.10 Å². The summed E-state index contributed by atoms with van der Waals surface area (Å²) >= 11 is 0. The van der Waals surface area contributed by atoms with E-state index in [0.717, 1.165) is 5.56 Å². The third-order valence-corrected chi connectivity index (χ3v) is 15.8. The zero-order valence-corrected chi connectivity index (χ0v) is 43.7. The first-order valence-corrected chi connectivity index (χ1v) is 25.1. The summed E-state index contributed by atoms with van der Waals surface area (Å²) in [6.45, 7) is 20.1. The van der Waals surface area contributed by atoms with E-state index in [-0.39, 0.29) is 49.7 Å². The number of rotatable bonds is 11. The van der Waals surface area contributed by atoms with Gasteiger partial charge in [0.2, 0.25) is 0 Å². The molecule has 2 aromatic heterocycles. The molecule has 5 aliphatic heterocycles. The van der Waals surface area contributed by atoms with Gasteiger partial charge in [-0.3, -0.25) is 4.79 Å². The molecule has 0 amide bonds. The fourth-order valence-corrected chi connectivity index (χ4v) is 11.4. The van der Waals surface area contributed by atoms with E-state index < -0.39 is 83.8 Å². The molecule has 0 radical (unpaired) electrons. The van der Waals surface area contributed by atoms with Crippen LogP contribution in [0.5, 0.6) is 0 Å². The van der Waals surface area contributed by atoms with E-state index in [9.17, 15) is 20.1 Å². The Morgan fingerprint density at radius 2 is 1.77 bits per heavy atom. The van der Waals surface area contributed by atoms with Crippen molar-refractivity contribution >= 4 is 11.7 Å². The van der Waals surface area contributed by atoms with Crippen LogP contribution in [-0.2, 0) is 49.4 Å². The van der Waals surface area contributed by atoms with Gasteiger partial charge < -0.3 is 63.1 Å². The molecular formula is C51H84N6O12. The minimum absolute atomic E-state index is 0.0328. The average molecular weight is 973 g/mol. The highest BCUT2D eigenvalue weighted by Crippen LogP contribution is 2.43. The summed E-state index contributed by atoms with van der Waals surface area (Å²) in [6, 6.07) is 5.25. The second kappa shape index (κ2) is 23.2. The lowest BCUT2D eigenvalue weighted by Gasteiger charge is -2.50. The van der Waals surface area contributed by atoms with E-state index in [1.165, 1.54) is 0 Å². The number of oxime groups is 1. The van der Waals surface area contributed by atoms with Crippen molar-refractivity contribution in [1.29, 1.82) is 0 Å². The van der Waals surface area contributed by atoms with Crippen LogP contribution in [0, 0.1) is 23.7 Å². The summed E-state index contributed by atoms with van der Waals surface area (Å²) in [4.78, 5) is 29.8. The molecule has 5 fully saturated rings. The number of carbonyl (C=O) groups excluding carboxylic acids is 1. The van der Waals surface area contributed by atoms with E-state index in [1.54, 1.807) is 45.0 Å². The van der Waals surface area contributed by atoms with Crippen molar-refractivity contribution in [2.75, 3.05) is 41.4 Å². The molecule has 18 nitrogen and oxygen atoms in total. The normalized spacial score (nSPS) is 42.0. The molecule has 5 saturated heterocycles. The van der Waals surface area contributed by atoms with Crippen LogP contribution in [0.1, 0.15) is 113 Å². The van der Waals surface area contributed by atoms with Gasteiger partial charge in [-0.15, -0.1) is 0 Å². The molecule has 0 spiro atoms. The van der Waals surface area contributed by atoms with Crippen molar-refractivity contribution in [3.63, 3.8) is 0 Å². The van der Waals surface area contributed by atoms with Gasteiger partial charge in [-0.1, -0.05) is 32.0 Å². The lowest BCUT2D eigenvalue weighted by molar-refractivity contribution is -0.320. The molecule has 5 aliphatic rings. The molecule has 7 rings (SSSR count). The van der Waals surface area contributed by atoms with Crippen molar-refractivity contribution in [3.8, 4) is 5.82 Å². The molecule has 0 unspecified atom stereocenters. The predicted molar refractivity (Wildman–Crippen MR) is 258 cm³/mol. The van der Waals surface area contributed by atoms with Crippen LogP contribution in [0.3, 0.4) is 0 Å². The fourth-order valence-electron chi connectivity index (χ4n) is 11.4. The number of likely N-dealkylation sites (N-methyl/N-ethyl adjacent to an activating group) is 1. The molecule has 69 heavy (non-hydrogen) atoms. The van der Waals surface area contributed by atoms with Crippen molar-refractivity contribution in [2.45, 2.75) is 199 Å². The summed E-state index contributed by atoms with van der Waals surface area (Å²) in [7, 11) is 7.49. The van der Waals surface area contributed by atoms with Gasteiger partial charge in [0.25, 0.3) is 0 Å². The Morgan fingerprint density at radius 3 is 2.41 bits per heavy atom. The lowest BCUT2D eigenvalue weighted by atomic mass is 9.72. The topological polar surface area (TPSA) is 201 Å². The van der Waals surface area contributed by atoms with Crippen LogP contribution in [-0.4, -0.2) is 177 Å². The van der Waals surface area contributed by atoms with E-state index in [2.05, 4.69) is 35.9 Å². The Morgan fingerprint density at radius 1 is 1.03 bits per heavy atom. The molecule has 0 aliphatic carbocycles.